The number of carbonyl (C=O) groups excluding carboxylic acids is 2. The Kier molecular flexibility index (Phi) is 6.24. The predicted octanol–water partition coefficient (Wildman–Crippen LogP) is 2.45. The lowest BCUT2D eigenvalue weighted by molar-refractivity contribution is -0.129. The maximum absolute atomic E-state index is 12.6. The van der Waals surface area contributed by atoms with Gasteiger partial charge in [0, 0.05) is 26.1 Å². The molecule has 0 unspecified atom stereocenters. The lowest BCUT2D eigenvalue weighted by Crippen LogP contribution is -2.38. The molecule has 2 atom stereocenters. The van der Waals surface area contributed by atoms with Crippen LogP contribution in [-0.4, -0.2) is 48.8 Å². The molecule has 0 spiro atoms. The summed E-state index contributed by atoms with van der Waals surface area (Å²) in [6, 6.07) is 20.1. The van der Waals surface area contributed by atoms with Crippen molar-refractivity contribution in [3.05, 3.63) is 71.8 Å². The van der Waals surface area contributed by atoms with Crippen molar-refractivity contribution in [1.29, 1.82) is 0 Å². The summed E-state index contributed by atoms with van der Waals surface area (Å²) in [7, 11) is 4.01. The van der Waals surface area contributed by atoms with Gasteiger partial charge in [-0.1, -0.05) is 60.7 Å². The Morgan fingerprint density at radius 3 is 2.37 bits per heavy atom. The van der Waals surface area contributed by atoms with E-state index in [0.29, 0.717) is 19.6 Å². The topological polar surface area (TPSA) is 52.7 Å². The summed E-state index contributed by atoms with van der Waals surface area (Å²) in [4.78, 5) is 28.8. The molecule has 1 N–H and O–H groups in total. The lowest BCUT2D eigenvalue weighted by Gasteiger charge is -2.25. The number of hydrogen-bond donors (Lipinski definition) is 1. The first-order chi connectivity index (χ1) is 13.0. The highest BCUT2D eigenvalue weighted by atomic mass is 16.2. The minimum absolute atomic E-state index is 0.0401. The van der Waals surface area contributed by atoms with Gasteiger partial charge in [0.15, 0.2) is 0 Å². The average molecular weight is 365 g/mol. The molecule has 2 aromatic carbocycles. The zero-order chi connectivity index (χ0) is 19.2. The summed E-state index contributed by atoms with van der Waals surface area (Å²) in [5.41, 5.74) is 2.25. The molecule has 0 aromatic heterocycles. The molecule has 142 valence electrons. The maximum Gasteiger partial charge on any atom is 0.225 e. The summed E-state index contributed by atoms with van der Waals surface area (Å²) in [5, 5.41) is 3.05. The van der Waals surface area contributed by atoms with Crippen molar-refractivity contribution in [2.45, 2.75) is 19.0 Å². The molecule has 0 saturated carbocycles. The van der Waals surface area contributed by atoms with Crippen molar-refractivity contribution in [3.8, 4) is 0 Å². The number of nitrogens with zero attached hydrogens (tertiary/aromatic N) is 2. The molecule has 2 aromatic rings. The average Bonchev–Trinajstić information content (AvgIpc) is 3.04. The van der Waals surface area contributed by atoms with Gasteiger partial charge in [-0.15, -0.1) is 0 Å². The monoisotopic (exact) mass is 365 g/mol. The third-order valence-electron chi connectivity index (χ3n) is 5.08. The van der Waals surface area contributed by atoms with Gasteiger partial charge in [-0.2, -0.15) is 0 Å². The number of hydrogen-bond acceptors (Lipinski definition) is 3. The fraction of sp³-hybridized carbons (Fsp3) is 0.364. The van der Waals surface area contributed by atoms with E-state index in [9.17, 15) is 9.59 Å². The molecular formula is C22H27N3O2. The summed E-state index contributed by atoms with van der Waals surface area (Å²) >= 11 is 0. The summed E-state index contributed by atoms with van der Waals surface area (Å²) in [6.07, 6.45) is 0.288. The molecule has 1 aliphatic rings. The van der Waals surface area contributed by atoms with E-state index >= 15 is 0 Å². The Hall–Kier alpha value is -2.66. The second-order valence-corrected chi connectivity index (χ2v) is 7.30. The van der Waals surface area contributed by atoms with Gasteiger partial charge in [0.25, 0.3) is 0 Å². The molecule has 1 heterocycles. The molecule has 1 aliphatic heterocycles. The minimum atomic E-state index is -0.278. The van der Waals surface area contributed by atoms with Crippen molar-refractivity contribution in [3.63, 3.8) is 0 Å². The molecule has 3 rings (SSSR count). The predicted molar refractivity (Wildman–Crippen MR) is 106 cm³/mol. The Morgan fingerprint density at radius 2 is 1.74 bits per heavy atom. The molecule has 0 radical (unpaired) electrons. The second kappa shape index (κ2) is 8.82. The maximum atomic E-state index is 12.6. The highest BCUT2D eigenvalue weighted by molar-refractivity contribution is 5.89. The van der Waals surface area contributed by atoms with Crippen LogP contribution in [0.15, 0.2) is 60.7 Å². The molecule has 0 aliphatic carbocycles. The van der Waals surface area contributed by atoms with Crippen molar-refractivity contribution in [2.75, 3.05) is 27.2 Å². The summed E-state index contributed by atoms with van der Waals surface area (Å²) in [6.45, 7) is 1.57. The number of likely N-dealkylation sites (tertiary alicyclic amines) is 1. The second-order valence-electron chi connectivity index (χ2n) is 7.30. The summed E-state index contributed by atoms with van der Waals surface area (Å²) < 4.78 is 0. The highest BCUT2D eigenvalue weighted by Gasteiger charge is 2.34. The van der Waals surface area contributed by atoms with Crippen molar-refractivity contribution < 1.29 is 9.59 Å². The minimum Gasteiger partial charge on any atom is -0.354 e. The van der Waals surface area contributed by atoms with Crippen LogP contribution >= 0.6 is 0 Å². The lowest BCUT2D eigenvalue weighted by atomic mass is 10.0. The number of amides is 2. The summed E-state index contributed by atoms with van der Waals surface area (Å²) in [5.74, 6) is -0.271. The molecule has 1 saturated heterocycles. The Labute approximate surface area is 161 Å². The number of nitrogens with one attached hydrogen (secondary N) is 1. The largest absolute Gasteiger partial charge is 0.354 e. The molecule has 5 heteroatoms. The Balaban J connectivity index is 1.56. The van der Waals surface area contributed by atoms with Crippen LogP contribution in [0.1, 0.15) is 23.6 Å². The molecular weight excluding hydrogens is 338 g/mol. The van der Waals surface area contributed by atoms with Crippen LogP contribution in [0.5, 0.6) is 0 Å². The van der Waals surface area contributed by atoms with E-state index in [0.717, 1.165) is 11.1 Å². The van der Waals surface area contributed by atoms with E-state index in [2.05, 4.69) is 22.3 Å². The first-order valence-electron chi connectivity index (χ1n) is 9.35. The zero-order valence-corrected chi connectivity index (χ0v) is 16.0. The van der Waals surface area contributed by atoms with Gasteiger partial charge < -0.3 is 15.1 Å². The number of rotatable bonds is 7. The normalized spacial score (nSPS) is 18.0. The first kappa shape index (κ1) is 19.1. The smallest absolute Gasteiger partial charge is 0.225 e. The standard InChI is InChI=1S/C22H27N3O2/c1-24(2)20(18-11-7-4-8-12-18)14-23-22(27)19-13-21(26)25(16-19)15-17-9-5-3-6-10-17/h3-12,19-20H,13-16H2,1-2H3,(H,23,27)/t19-,20-/m0/s1. The fourth-order valence-electron chi connectivity index (χ4n) is 3.52. The van der Waals surface area contributed by atoms with Crippen LogP contribution in [0.25, 0.3) is 0 Å². The van der Waals surface area contributed by atoms with Gasteiger partial charge in [0.2, 0.25) is 11.8 Å². The number of likely N-dealkylation sites (N-methyl/N-ethyl adjacent to an activating group) is 1. The van der Waals surface area contributed by atoms with Crippen molar-refractivity contribution in [1.82, 2.24) is 15.1 Å². The van der Waals surface area contributed by atoms with Crippen molar-refractivity contribution >= 4 is 11.8 Å². The third kappa shape index (κ3) is 4.95. The number of benzene rings is 2. The van der Waals surface area contributed by atoms with Gasteiger partial charge in [-0.3, -0.25) is 9.59 Å². The van der Waals surface area contributed by atoms with Gasteiger partial charge in [-0.05, 0) is 25.2 Å². The zero-order valence-electron chi connectivity index (χ0n) is 16.0. The van der Waals surface area contributed by atoms with Crippen LogP contribution in [0, 0.1) is 5.92 Å². The molecule has 5 nitrogen and oxygen atoms in total. The van der Waals surface area contributed by atoms with E-state index in [1.807, 2.05) is 62.6 Å². The third-order valence-corrected chi connectivity index (χ3v) is 5.08. The first-order valence-corrected chi connectivity index (χ1v) is 9.35. The van der Waals surface area contributed by atoms with Crippen LogP contribution in [0.3, 0.4) is 0 Å². The molecule has 27 heavy (non-hydrogen) atoms. The molecule has 0 bridgehead atoms. The van der Waals surface area contributed by atoms with E-state index in [1.165, 1.54) is 0 Å². The van der Waals surface area contributed by atoms with Crippen LogP contribution in [0.2, 0.25) is 0 Å². The number of carbonyl (C=O) groups is 2. The highest BCUT2D eigenvalue weighted by Crippen LogP contribution is 2.21. The van der Waals surface area contributed by atoms with E-state index in [-0.39, 0.29) is 30.2 Å². The Bertz CT molecular complexity index is 762. The van der Waals surface area contributed by atoms with Crippen molar-refractivity contribution in [2.24, 2.45) is 5.92 Å². The SMILES string of the molecule is CN(C)[C@@H](CNC(=O)[C@H]1CC(=O)N(Cc2ccccc2)C1)c1ccccc1. The van der Waals surface area contributed by atoms with E-state index in [4.69, 9.17) is 0 Å². The Morgan fingerprint density at radius 1 is 1.11 bits per heavy atom. The van der Waals surface area contributed by atoms with E-state index < -0.39 is 0 Å². The van der Waals surface area contributed by atoms with Crippen LogP contribution in [-0.2, 0) is 16.1 Å². The molecule has 1 fully saturated rings. The van der Waals surface area contributed by atoms with Gasteiger partial charge >= 0.3 is 0 Å². The van der Waals surface area contributed by atoms with E-state index in [1.54, 1.807) is 4.90 Å². The quantitative estimate of drug-likeness (QED) is 0.820. The van der Waals surface area contributed by atoms with Gasteiger partial charge in [0.05, 0.1) is 12.0 Å². The molecule has 2 amide bonds. The van der Waals surface area contributed by atoms with Gasteiger partial charge in [0.1, 0.15) is 0 Å². The van der Waals surface area contributed by atoms with Crippen LogP contribution < -0.4 is 5.32 Å². The fourth-order valence-corrected chi connectivity index (χ4v) is 3.52. The van der Waals surface area contributed by atoms with Crippen LogP contribution in [0.4, 0.5) is 0 Å². The van der Waals surface area contributed by atoms with Gasteiger partial charge in [-0.25, -0.2) is 0 Å².